The van der Waals surface area contributed by atoms with Gasteiger partial charge in [-0.25, -0.2) is 0 Å². The number of hydrogen-bond donors (Lipinski definition) is 2. The zero-order valence-corrected chi connectivity index (χ0v) is 10.4. The highest BCUT2D eigenvalue weighted by molar-refractivity contribution is 5.35. The molecule has 17 heavy (non-hydrogen) atoms. The van der Waals surface area contributed by atoms with Crippen LogP contribution in [0.2, 0.25) is 0 Å². The molecule has 0 saturated carbocycles. The van der Waals surface area contributed by atoms with Gasteiger partial charge in [0.2, 0.25) is 0 Å². The van der Waals surface area contributed by atoms with Crippen LogP contribution in [0.5, 0.6) is 0 Å². The van der Waals surface area contributed by atoms with Crippen LogP contribution in [0, 0.1) is 0 Å². The minimum atomic E-state index is 0.179. The largest absolute Gasteiger partial charge is 0.396 e. The number of rotatable bonds is 5. The monoisotopic (exact) mass is 234 g/mol. The zero-order valence-electron chi connectivity index (χ0n) is 10.4. The standard InChI is InChI=1S/C15H22O2/c16-9-3-6-15(11-17)14-8-7-12-4-1-2-5-13(12)10-14/h7-8,10,15-17H,1-6,9,11H2. The van der Waals surface area contributed by atoms with Crippen molar-refractivity contribution in [2.75, 3.05) is 13.2 Å². The summed E-state index contributed by atoms with van der Waals surface area (Å²) in [7, 11) is 0. The van der Waals surface area contributed by atoms with Crippen molar-refractivity contribution in [3.63, 3.8) is 0 Å². The maximum absolute atomic E-state index is 9.43. The molecule has 2 N–H and O–H groups in total. The first-order chi connectivity index (χ1) is 8.35. The Morgan fingerprint density at radius 2 is 1.82 bits per heavy atom. The minimum absolute atomic E-state index is 0.179. The van der Waals surface area contributed by atoms with Crippen molar-refractivity contribution < 1.29 is 10.2 Å². The van der Waals surface area contributed by atoms with E-state index in [2.05, 4.69) is 18.2 Å². The van der Waals surface area contributed by atoms with Crippen LogP contribution in [-0.4, -0.2) is 23.4 Å². The molecule has 1 atom stereocenters. The molecule has 0 heterocycles. The lowest BCUT2D eigenvalue weighted by molar-refractivity contribution is 0.237. The van der Waals surface area contributed by atoms with Crippen LogP contribution >= 0.6 is 0 Å². The number of aliphatic hydroxyl groups is 2. The third-order valence-corrected chi connectivity index (χ3v) is 3.78. The Kier molecular flexibility index (Phi) is 4.57. The number of fused-ring (bicyclic) bond motifs is 1. The fraction of sp³-hybridized carbons (Fsp3) is 0.600. The van der Waals surface area contributed by atoms with Crippen LogP contribution in [0.15, 0.2) is 18.2 Å². The predicted octanol–water partition coefficient (Wildman–Crippen LogP) is 2.41. The van der Waals surface area contributed by atoms with Gasteiger partial charge >= 0.3 is 0 Å². The van der Waals surface area contributed by atoms with Crippen molar-refractivity contribution in [1.82, 2.24) is 0 Å². The van der Waals surface area contributed by atoms with Crippen molar-refractivity contribution in [3.8, 4) is 0 Å². The van der Waals surface area contributed by atoms with Crippen LogP contribution in [0.3, 0.4) is 0 Å². The smallest absolute Gasteiger partial charge is 0.0499 e. The van der Waals surface area contributed by atoms with Gasteiger partial charge in [0.1, 0.15) is 0 Å². The number of aryl methyl sites for hydroxylation is 2. The Morgan fingerprint density at radius 1 is 1.06 bits per heavy atom. The molecule has 0 aromatic heterocycles. The summed E-state index contributed by atoms with van der Waals surface area (Å²) in [5.41, 5.74) is 4.19. The molecule has 2 nitrogen and oxygen atoms in total. The van der Waals surface area contributed by atoms with E-state index in [0.29, 0.717) is 0 Å². The van der Waals surface area contributed by atoms with Crippen LogP contribution < -0.4 is 0 Å². The van der Waals surface area contributed by atoms with Gasteiger partial charge < -0.3 is 10.2 Å². The van der Waals surface area contributed by atoms with E-state index in [4.69, 9.17) is 5.11 Å². The van der Waals surface area contributed by atoms with E-state index in [1.165, 1.54) is 42.4 Å². The van der Waals surface area contributed by atoms with E-state index in [9.17, 15) is 5.11 Å². The van der Waals surface area contributed by atoms with E-state index in [1.54, 1.807) is 0 Å². The fourth-order valence-corrected chi connectivity index (χ4v) is 2.71. The molecule has 1 aliphatic carbocycles. The van der Waals surface area contributed by atoms with E-state index >= 15 is 0 Å². The average Bonchev–Trinajstić information content (AvgIpc) is 2.39. The summed E-state index contributed by atoms with van der Waals surface area (Å²) in [6, 6.07) is 6.65. The summed E-state index contributed by atoms with van der Waals surface area (Å²) in [5, 5.41) is 18.3. The van der Waals surface area contributed by atoms with Gasteiger partial charge in [0.25, 0.3) is 0 Å². The molecule has 2 heteroatoms. The Labute approximate surface area is 103 Å². The van der Waals surface area contributed by atoms with Gasteiger partial charge in [-0.2, -0.15) is 0 Å². The van der Waals surface area contributed by atoms with Crippen molar-refractivity contribution in [2.24, 2.45) is 0 Å². The molecule has 1 aromatic carbocycles. The molecule has 1 aliphatic rings. The Hall–Kier alpha value is -0.860. The van der Waals surface area contributed by atoms with E-state index in [1.807, 2.05) is 0 Å². The maximum Gasteiger partial charge on any atom is 0.0499 e. The maximum atomic E-state index is 9.43. The molecular weight excluding hydrogens is 212 g/mol. The minimum Gasteiger partial charge on any atom is -0.396 e. The molecule has 0 aliphatic heterocycles. The summed E-state index contributed by atoms with van der Waals surface area (Å²) in [6.07, 6.45) is 6.61. The summed E-state index contributed by atoms with van der Waals surface area (Å²) in [4.78, 5) is 0. The van der Waals surface area contributed by atoms with Gasteiger partial charge in [0, 0.05) is 19.1 Å². The first kappa shape index (κ1) is 12.6. The molecule has 1 aromatic rings. The highest BCUT2D eigenvalue weighted by Gasteiger charge is 2.14. The third kappa shape index (κ3) is 3.08. The second-order valence-corrected chi connectivity index (χ2v) is 4.98. The third-order valence-electron chi connectivity index (χ3n) is 3.78. The number of benzene rings is 1. The SMILES string of the molecule is OCCCC(CO)c1ccc2c(c1)CCCC2. The summed E-state index contributed by atoms with van der Waals surface area (Å²) in [5.74, 6) is 0.189. The van der Waals surface area contributed by atoms with Crippen LogP contribution in [0.1, 0.15) is 48.3 Å². The molecule has 0 amide bonds. The summed E-state index contributed by atoms with van der Waals surface area (Å²) in [6.45, 7) is 0.389. The van der Waals surface area contributed by atoms with Gasteiger partial charge in [-0.15, -0.1) is 0 Å². The predicted molar refractivity (Wildman–Crippen MR) is 69.2 cm³/mol. The van der Waals surface area contributed by atoms with Gasteiger partial charge in [-0.3, -0.25) is 0 Å². The Morgan fingerprint density at radius 3 is 2.53 bits per heavy atom. The topological polar surface area (TPSA) is 40.5 Å². The van der Waals surface area contributed by atoms with Crippen LogP contribution in [0.25, 0.3) is 0 Å². The van der Waals surface area contributed by atoms with E-state index in [0.717, 1.165) is 12.8 Å². The lowest BCUT2D eigenvalue weighted by Crippen LogP contribution is -2.08. The normalized spacial score (nSPS) is 16.6. The Balaban J connectivity index is 2.13. The van der Waals surface area contributed by atoms with Crippen molar-refractivity contribution in [3.05, 3.63) is 34.9 Å². The zero-order chi connectivity index (χ0) is 12.1. The fourth-order valence-electron chi connectivity index (χ4n) is 2.71. The molecular formula is C15H22O2. The van der Waals surface area contributed by atoms with Crippen molar-refractivity contribution >= 4 is 0 Å². The van der Waals surface area contributed by atoms with Gasteiger partial charge in [-0.1, -0.05) is 18.2 Å². The van der Waals surface area contributed by atoms with Gasteiger partial charge in [-0.05, 0) is 55.2 Å². The summed E-state index contributed by atoms with van der Waals surface area (Å²) < 4.78 is 0. The average molecular weight is 234 g/mol. The lowest BCUT2D eigenvalue weighted by Gasteiger charge is -2.20. The quantitative estimate of drug-likeness (QED) is 0.821. The van der Waals surface area contributed by atoms with E-state index < -0.39 is 0 Å². The first-order valence-electron chi connectivity index (χ1n) is 6.68. The molecule has 2 rings (SSSR count). The van der Waals surface area contributed by atoms with Gasteiger partial charge in [0.15, 0.2) is 0 Å². The molecule has 0 saturated heterocycles. The van der Waals surface area contributed by atoms with Crippen molar-refractivity contribution in [2.45, 2.75) is 44.4 Å². The number of aliphatic hydroxyl groups excluding tert-OH is 2. The Bertz CT molecular complexity index is 360. The molecule has 0 fully saturated rings. The molecule has 0 bridgehead atoms. The second kappa shape index (κ2) is 6.18. The van der Waals surface area contributed by atoms with Crippen molar-refractivity contribution in [1.29, 1.82) is 0 Å². The van der Waals surface area contributed by atoms with E-state index in [-0.39, 0.29) is 19.1 Å². The molecule has 0 spiro atoms. The number of hydrogen-bond acceptors (Lipinski definition) is 2. The highest BCUT2D eigenvalue weighted by Crippen LogP contribution is 2.27. The van der Waals surface area contributed by atoms with Crippen LogP contribution in [0.4, 0.5) is 0 Å². The van der Waals surface area contributed by atoms with Crippen LogP contribution in [-0.2, 0) is 12.8 Å². The first-order valence-corrected chi connectivity index (χ1v) is 6.68. The highest BCUT2D eigenvalue weighted by atomic mass is 16.3. The lowest BCUT2D eigenvalue weighted by atomic mass is 9.86. The molecule has 1 unspecified atom stereocenters. The second-order valence-electron chi connectivity index (χ2n) is 4.98. The van der Waals surface area contributed by atoms with Gasteiger partial charge in [0.05, 0.1) is 0 Å². The molecule has 94 valence electrons. The molecule has 0 radical (unpaired) electrons. The summed E-state index contributed by atoms with van der Waals surface area (Å²) >= 11 is 0.